The van der Waals surface area contributed by atoms with Crippen molar-refractivity contribution >= 4 is 28.5 Å². The van der Waals surface area contributed by atoms with Crippen molar-refractivity contribution in [1.82, 2.24) is 14.9 Å². The lowest BCUT2D eigenvalue weighted by Crippen LogP contribution is -2.24. The first-order valence-corrected chi connectivity index (χ1v) is 8.19. The van der Waals surface area contributed by atoms with Crippen molar-refractivity contribution < 1.29 is 14.3 Å². The average molecular weight is 352 g/mol. The molecule has 0 radical (unpaired) electrons. The molecule has 2 aromatic carbocycles. The number of nitrogens with zero attached hydrogens (tertiary/aromatic N) is 2. The highest BCUT2D eigenvalue weighted by Gasteiger charge is 2.14. The molecule has 3 rings (SSSR count). The van der Waals surface area contributed by atoms with Gasteiger partial charge in [0.2, 0.25) is 11.8 Å². The Morgan fingerprint density at radius 1 is 1.12 bits per heavy atom. The van der Waals surface area contributed by atoms with Crippen LogP contribution in [0.1, 0.15) is 12.7 Å². The molecule has 7 nitrogen and oxygen atoms in total. The van der Waals surface area contributed by atoms with Crippen LogP contribution in [-0.4, -0.2) is 28.5 Å². The Bertz CT molecular complexity index is 932. The summed E-state index contributed by atoms with van der Waals surface area (Å²) in [6.45, 7) is 1.81. The number of nitrogens with one attached hydrogen (secondary N) is 2. The number of methoxy groups -OCH3 is 1. The van der Waals surface area contributed by atoms with Crippen LogP contribution < -0.4 is 15.4 Å². The van der Waals surface area contributed by atoms with Crippen molar-refractivity contribution in [1.29, 1.82) is 0 Å². The molecule has 3 aromatic rings. The third kappa shape index (κ3) is 4.00. The molecule has 0 fully saturated rings. The summed E-state index contributed by atoms with van der Waals surface area (Å²) in [5, 5.41) is 5.59. The fourth-order valence-corrected chi connectivity index (χ4v) is 2.66. The van der Waals surface area contributed by atoms with Gasteiger partial charge in [-0.1, -0.05) is 12.1 Å². The average Bonchev–Trinajstić information content (AvgIpc) is 2.98. The van der Waals surface area contributed by atoms with E-state index in [2.05, 4.69) is 15.6 Å². The Morgan fingerprint density at radius 2 is 1.85 bits per heavy atom. The SMILES string of the molecule is COc1ccc(NC(=O)Cn2c(CNC(C)=O)nc3ccccc32)cc1. The quantitative estimate of drug-likeness (QED) is 0.713. The Hall–Kier alpha value is -3.35. The van der Waals surface area contributed by atoms with Crippen molar-refractivity contribution in [3.05, 3.63) is 54.4 Å². The van der Waals surface area contributed by atoms with Crippen LogP contribution in [0.4, 0.5) is 5.69 Å². The zero-order chi connectivity index (χ0) is 18.5. The molecule has 0 aliphatic carbocycles. The Kier molecular flexibility index (Phi) is 5.17. The molecule has 0 aliphatic heterocycles. The minimum absolute atomic E-state index is 0.0987. The fraction of sp³-hybridized carbons (Fsp3) is 0.211. The predicted octanol–water partition coefficient (Wildman–Crippen LogP) is 2.32. The Morgan fingerprint density at radius 3 is 2.54 bits per heavy atom. The molecule has 0 unspecified atom stereocenters. The zero-order valence-corrected chi connectivity index (χ0v) is 14.7. The van der Waals surface area contributed by atoms with Crippen molar-refractivity contribution in [2.75, 3.05) is 12.4 Å². The first kappa shape index (κ1) is 17.5. The number of fused-ring (bicyclic) bond motifs is 1. The minimum Gasteiger partial charge on any atom is -0.497 e. The molecular weight excluding hydrogens is 332 g/mol. The highest BCUT2D eigenvalue weighted by atomic mass is 16.5. The van der Waals surface area contributed by atoms with Crippen molar-refractivity contribution in [2.24, 2.45) is 0 Å². The summed E-state index contributed by atoms with van der Waals surface area (Å²) in [6.07, 6.45) is 0. The van der Waals surface area contributed by atoms with Gasteiger partial charge in [-0.3, -0.25) is 9.59 Å². The molecule has 1 heterocycles. The minimum atomic E-state index is -0.178. The Balaban J connectivity index is 1.80. The van der Waals surface area contributed by atoms with E-state index in [9.17, 15) is 9.59 Å². The van der Waals surface area contributed by atoms with E-state index in [0.29, 0.717) is 11.5 Å². The third-order valence-corrected chi connectivity index (χ3v) is 3.90. The molecule has 2 amide bonds. The van der Waals surface area contributed by atoms with E-state index in [-0.39, 0.29) is 24.9 Å². The van der Waals surface area contributed by atoms with E-state index in [0.717, 1.165) is 16.8 Å². The van der Waals surface area contributed by atoms with Crippen molar-refractivity contribution in [3.63, 3.8) is 0 Å². The van der Waals surface area contributed by atoms with E-state index < -0.39 is 0 Å². The summed E-state index contributed by atoms with van der Waals surface area (Å²) in [5.74, 6) is 1.03. The van der Waals surface area contributed by atoms with Gasteiger partial charge in [-0.2, -0.15) is 0 Å². The van der Waals surface area contributed by atoms with Gasteiger partial charge < -0.3 is 19.9 Å². The van der Waals surface area contributed by atoms with Crippen LogP contribution in [0.2, 0.25) is 0 Å². The van der Waals surface area contributed by atoms with Gasteiger partial charge in [0.15, 0.2) is 0 Å². The van der Waals surface area contributed by atoms with Gasteiger partial charge in [0, 0.05) is 12.6 Å². The van der Waals surface area contributed by atoms with E-state index in [1.165, 1.54) is 6.92 Å². The molecule has 1 aromatic heterocycles. The summed E-state index contributed by atoms with van der Waals surface area (Å²) < 4.78 is 6.92. The lowest BCUT2D eigenvalue weighted by molar-refractivity contribution is -0.119. The molecular formula is C19H20N4O3. The number of ether oxygens (including phenoxy) is 1. The highest BCUT2D eigenvalue weighted by molar-refractivity contribution is 5.91. The second-order valence-corrected chi connectivity index (χ2v) is 5.79. The zero-order valence-electron chi connectivity index (χ0n) is 14.7. The predicted molar refractivity (Wildman–Crippen MR) is 98.9 cm³/mol. The number of rotatable bonds is 6. The lowest BCUT2D eigenvalue weighted by Gasteiger charge is -2.11. The molecule has 0 saturated carbocycles. The lowest BCUT2D eigenvalue weighted by atomic mass is 10.3. The number of benzene rings is 2. The molecule has 134 valence electrons. The van der Waals surface area contributed by atoms with Crippen molar-refractivity contribution in [2.45, 2.75) is 20.0 Å². The fourth-order valence-electron chi connectivity index (χ4n) is 2.66. The molecule has 0 spiro atoms. The summed E-state index contributed by atoms with van der Waals surface area (Å²) in [7, 11) is 1.59. The number of carbonyl (C=O) groups excluding carboxylic acids is 2. The van der Waals surface area contributed by atoms with E-state index in [1.807, 2.05) is 28.8 Å². The highest BCUT2D eigenvalue weighted by Crippen LogP contribution is 2.18. The molecule has 26 heavy (non-hydrogen) atoms. The standard InChI is InChI=1S/C19H20N4O3/c1-13(24)20-11-18-22-16-5-3-4-6-17(16)23(18)12-19(25)21-14-7-9-15(26-2)10-8-14/h3-10H,11-12H2,1-2H3,(H,20,24)(H,21,25). The van der Waals surface area contributed by atoms with Gasteiger partial charge in [0.25, 0.3) is 0 Å². The molecule has 0 saturated heterocycles. The van der Waals surface area contributed by atoms with E-state index in [4.69, 9.17) is 4.74 Å². The summed E-state index contributed by atoms with van der Waals surface area (Å²) >= 11 is 0. The van der Waals surface area contributed by atoms with Crippen LogP contribution >= 0.6 is 0 Å². The number of amides is 2. The number of anilines is 1. The third-order valence-electron chi connectivity index (χ3n) is 3.90. The molecule has 0 atom stereocenters. The first-order chi connectivity index (χ1) is 12.6. The van der Waals surface area contributed by atoms with Crippen LogP contribution in [0.3, 0.4) is 0 Å². The van der Waals surface area contributed by atoms with Gasteiger partial charge in [0.05, 0.1) is 24.7 Å². The number of imidazole rings is 1. The summed E-state index contributed by atoms with van der Waals surface area (Å²) in [4.78, 5) is 28.2. The maximum absolute atomic E-state index is 12.5. The van der Waals surface area contributed by atoms with E-state index in [1.54, 1.807) is 31.4 Å². The van der Waals surface area contributed by atoms with Gasteiger partial charge in [0.1, 0.15) is 18.1 Å². The smallest absolute Gasteiger partial charge is 0.244 e. The molecule has 0 bridgehead atoms. The van der Waals surface area contributed by atoms with Crippen LogP contribution in [0, 0.1) is 0 Å². The van der Waals surface area contributed by atoms with Crippen molar-refractivity contribution in [3.8, 4) is 5.75 Å². The molecule has 2 N–H and O–H groups in total. The summed E-state index contributed by atoms with van der Waals surface area (Å²) in [6, 6.07) is 14.7. The Labute approximate surface area is 151 Å². The van der Waals surface area contributed by atoms with Gasteiger partial charge in [-0.05, 0) is 36.4 Å². The normalized spacial score (nSPS) is 10.5. The first-order valence-electron chi connectivity index (χ1n) is 8.19. The second kappa shape index (κ2) is 7.69. The number of aromatic nitrogens is 2. The number of hydrogen-bond donors (Lipinski definition) is 2. The number of hydrogen-bond acceptors (Lipinski definition) is 4. The number of carbonyl (C=O) groups is 2. The van der Waals surface area contributed by atoms with Gasteiger partial charge in [-0.25, -0.2) is 4.98 Å². The molecule has 7 heteroatoms. The number of para-hydroxylation sites is 2. The summed E-state index contributed by atoms with van der Waals surface area (Å²) in [5.41, 5.74) is 2.31. The monoisotopic (exact) mass is 352 g/mol. The maximum Gasteiger partial charge on any atom is 0.244 e. The topological polar surface area (TPSA) is 85.2 Å². The molecule has 0 aliphatic rings. The van der Waals surface area contributed by atoms with Crippen LogP contribution in [0.15, 0.2) is 48.5 Å². The van der Waals surface area contributed by atoms with Crippen LogP contribution in [0.25, 0.3) is 11.0 Å². The van der Waals surface area contributed by atoms with E-state index >= 15 is 0 Å². The second-order valence-electron chi connectivity index (χ2n) is 5.79. The van der Waals surface area contributed by atoms with Gasteiger partial charge in [-0.15, -0.1) is 0 Å². The largest absolute Gasteiger partial charge is 0.497 e. The van der Waals surface area contributed by atoms with Gasteiger partial charge >= 0.3 is 0 Å². The maximum atomic E-state index is 12.5. The van der Waals surface area contributed by atoms with Crippen LogP contribution in [0.5, 0.6) is 5.75 Å². The van der Waals surface area contributed by atoms with Crippen LogP contribution in [-0.2, 0) is 22.7 Å².